The Labute approximate surface area is 112 Å². The quantitative estimate of drug-likeness (QED) is 0.876. The van der Waals surface area contributed by atoms with Crippen LogP contribution in [0.15, 0.2) is 29.6 Å². The van der Waals surface area contributed by atoms with E-state index in [1.165, 1.54) is 36.3 Å². The molecular weight excluding hydrogens is 240 g/mol. The van der Waals surface area contributed by atoms with Crippen molar-refractivity contribution in [2.24, 2.45) is 0 Å². The van der Waals surface area contributed by atoms with Crippen LogP contribution in [0.1, 0.15) is 36.6 Å². The Morgan fingerprint density at radius 1 is 1.28 bits per heavy atom. The van der Waals surface area contributed by atoms with Gasteiger partial charge in [-0.25, -0.2) is 4.98 Å². The normalized spacial score (nSPS) is 16.1. The number of hydrogen-bond acceptors (Lipinski definition) is 3. The minimum Gasteiger partial charge on any atom is -0.388 e. The first-order valence-electron chi connectivity index (χ1n) is 6.60. The maximum absolute atomic E-state index is 4.83. The molecule has 1 fully saturated rings. The smallest absolute Gasteiger partial charge is 0.0963 e. The summed E-state index contributed by atoms with van der Waals surface area (Å²) in [5, 5.41) is 6.70. The van der Waals surface area contributed by atoms with E-state index in [4.69, 9.17) is 4.98 Å². The fraction of sp³-hybridized carbons (Fsp3) is 0.400. The molecule has 18 heavy (non-hydrogen) atoms. The maximum Gasteiger partial charge on any atom is 0.0963 e. The number of nitrogens with zero attached hydrogens (tertiary/aromatic N) is 1. The molecule has 1 aliphatic rings. The van der Waals surface area contributed by atoms with Gasteiger partial charge in [0.2, 0.25) is 0 Å². The number of aromatic nitrogens is 1. The van der Waals surface area contributed by atoms with Crippen molar-refractivity contribution in [2.45, 2.75) is 31.6 Å². The highest BCUT2D eigenvalue weighted by atomic mass is 32.1. The molecule has 1 saturated carbocycles. The lowest BCUT2D eigenvalue weighted by molar-refractivity contribution is 0.717. The highest BCUT2D eigenvalue weighted by Crippen LogP contribution is 2.37. The molecule has 3 rings (SSSR count). The Morgan fingerprint density at radius 3 is 2.89 bits per heavy atom. The molecule has 0 amide bonds. The molecule has 0 aliphatic heterocycles. The predicted molar refractivity (Wildman–Crippen MR) is 78.3 cm³/mol. The van der Waals surface area contributed by atoms with Crippen LogP contribution in [0.4, 0.5) is 5.69 Å². The van der Waals surface area contributed by atoms with E-state index in [2.05, 4.69) is 35.0 Å². The van der Waals surface area contributed by atoms with Crippen molar-refractivity contribution in [3.63, 3.8) is 0 Å². The topological polar surface area (TPSA) is 24.9 Å². The lowest BCUT2D eigenvalue weighted by Crippen LogP contribution is -1.91. The van der Waals surface area contributed by atoms with Gasteiger partial charge in [0.1, 0.15) is 0 Å². The summed E-state index contributed by atoms with van der Waals surface area (Å²) >= 11 is 1.82. The summed E-state index contributed by atoms with van der Waals surface area (Å²) in [6.45, 7) is 0. The lowest BCUT2D eigenvalue weighted by Gasteiger charge is -2.04. The van der Waals surface area contributed by atoms with Gasteiger partial charge in [-0.3, -0.25) is 0 Å². The molecule has 1 aromatic carbocycles. The third kappa shape index (κ3) is 2.27. The van der Waals surface area contributed by atoms with Crippen LogP contribution in [0.25, 0.3) is 11.3 Å². The minimum atomic E-state index is 0.719. The van der Waals surface area contributed by atoms with E-state index < -0.39 is 0 Å². The Bertz CT molecular complexity index is 527. The zero-order chi connectivity index (χ0) is 12.4. The van der Waals surface area contributed by atoms with Gasteiger partial charge in [0.05, 0.1) is 10.7 Å². The molecule has 0 radical (unpaired) electrons. The largest absolute Gasteiger partial charge is 0.388 e. The second-order valence-corrected chi connectivity index (χ2v) is 5.77. The van der Waals surface area contributed by atoms with Crippen molar-refractivity contribution in [2.75, 3.05) is 12.4 Å². The van der Waals surface area contributed by atoms with Gasteiger partial charge < -0.3 is 5.32 Å². The van der Waals surface area contributed by atoms with Crippen molar-refractivity contribution in [1.82, 2.24) is 4.98 Å². The summed E-state index contributed by atoms with van der Waals surface area (Å²) in [6, 6.07) is 8.45. The molecule has 1 aliphatic carbocycles. The van der Waals surface area contributed by atoms with Crippen LogP contribution in [0.3, 0.4) is 0 Å². The molecule has 1 N–H and O–H groups in total. The lowest BCUT2D eigenvalue weighted by atomic mass is 10.1. The maximum atomic E-state index is 4.83. The van der Waals surface area contributed by atoms with Crippen molar-refractivity contribution in [3.8, 4) is 11.3 Å². The SMILES string of the molecule is CNc1cccc(-c2csc(C3CCCC3)n2)c1. The third-order valence-corrected chi connectivity index (χ3v) is 4.68. The van der Waals surface area contributed by atoms with E-state index in [9.17, 15) is 0 Å². The fourth-order valence-corrected chi connectivity index (χ4v) is 3.61. The van der Waals surface area contributed by atoms with E-state index in [1.54, 1.807) is 0 Å². The molecule has 94 valence electrons. The number of benzene rings is 1. The number of hydrogen-bond donors (Lipinski definition) is 1. The zero-order valence-electron chi connectivity index (χ0n) is 10.6. The average molecular weight is 258 g/mol. The van der Waals surface area contributed by atoms with Gasteiger partial charge in [-0.2, -0.15) is 0 Å². The first-order valence-corrected chi connectivity index (χ1v) is 7.48. The van der Waals surface area contributed by atoms with Crippen LogP contribution in [-0.2, 0) is 0 Å². The van der Waals surface area contributed by atoms with E-state index in [1.807, 2.05) is 18.4 Å². The molecule has 2 nitrogen and oxygen atoms in total. The molecule has 0 atom stereocenters. The van der Waals surface area contributed by atoms with Crippen LogP contribution >= 0.6 is 11.3 Å². The van der Waals surface area contributed by atoms with Gasteiger partial charge in [-0.05, 0) is 25.0 Å². The predicted octanol–water partition coefficient (Wildman–Crippen LogP) is 4.51. The Hall–Kier alpha value is -1.35. The molecule has 2 aromatic rings. The summed E-state index contributed by atoms with van der Waals surface area (Å²) in [4.78, 5) is 4.83. The fourth-order valence-electron chi connectivity index (χ4n) is 2.61. The van der Waals surface area contributed by atoms with Crippen molar-refractivity contribution < 1.29 is 0 Å². The number of anilines is 1. The summed E-state index contributed by atoms with van der Waals surface area (Å²) in [5.41, 5.74) is 3.48. The van der Waals surface area contributed by atoms with Crippen LogP contribution in [0.5, 0.6) is 0 Å². The van der Waals surface area contributed by atoms with Crippen molar-refractivity contribution in [1.29, 1.82) is 0 Å². The molecule has 3 heteroatoms. The summed E-state index contributed by atoms with van der Waals surface area (Å²) in [7, 11) is 1.95. The van der Waals surface area contributed by atoms with Crippen molar-refractivity contribution in [3.05, 3.63) is 34.7 Å². The van der Waals surface area contributed by atoms with Gasteiger partial charge in [-0.1, -0.05) is 25.0 Å². The van der Waals surface area contributed by atoms with Gasteiger partial charge in [0.25, 0.3) is 0 Å². The molecule has 0 spiro atoms. The van der Waals surface area contributed by atoms with Crippen LogP contribution < -0.4 is 5.32 Å². The van der Waals surface area contributed by atoms with Crippen LogP contribution in [0, 0.1) is 0 Å². The van der Waals surface area contributed by atoms with Crippen LogP contribution in [-0.4, -0.2) is 12.0 Å². The van der Waals surface area contributed by atoms with E-state index in [-0.39, 0.29) is 0 Å². The van der Waals surface area contributed by atoms with E-state index in [0.29, 0.717) is 0 Å². The monoisotopic (exact) mass is 258 g/mol. The standard InChI is InChI=1S/C15H18N2S/c1-16-13-8-4-7-12(9-13)14-10-18-15(17-14)11-5-2-3-6-11/h4,7-11,16H,2-3,5-6H2,1H3. The van der Waals surface area contributed by atoms with Crippen LogP contribution in [0.2, 0.25) is 0 Å². The zero-order valence-corrected chi connectivity index (χ0v) is 11.5. The van der Waals surface area contributed by atoms with E-state index >= 15 is 0 Å². The second-order valence-electron chi connectivity index (χ2n) is 4.88. The number of thiazole rings is 1. The molecule has 1 heterocycles. The van der Waals surface area contributed by atoms with Crippen molar-refractivity contribution >= 4 is 17.0 Å². The highest BCUT2D eigenvalue weighted by Gasteiger charge is 2.20. The van der Waals surface area contributed by atoms with Gasteiger partial charge >= 0.3 is 0 Å². The third-order valence-electron chi connectivity index (χ3n) is 3.67. The molecular formula is C15H18N2S. The van der Waals surface area contributed by atoms with Gasteiger partial charge in [0.15, 0.2) is 0 Å². The first kappa shape index (κ1) is 11.7. The van der Waals surface area contributed by atoms with Gasteiger partial charge in [0, 0.05) is 29.6 Å². The summed E-state index contributed by atoms with van der Waals surface area (Å²) in [5.74, 6) is 0.719. The van der Waals surface area contributed by atoms with Gasteiger partial charge in [-0.15, -0.1) is 11.3 Å². The minimum absolute atomic E-state index is 0.719. The Morgan fingerprint density at radius 2 is 2.11 bits per heavy atom. The summed E-state index contributed by atoms with van der Waals surface area (Å²) in [6.07, 6.45) is 5.39. The molecule has 1 aromatic heterocycles. The first-order chi connectivity index (χ1) is 8.86. The summed E-state index contributed by atoms with van der Waals surface area (Å²) < 4.78 is 0. The average Bonchev–Trinajstić information content (AvgIpc) is 3.09. The number of rotatable bonds is 3. The molecule has 0 saturated heterocycles. The number of nitrogens with one attached hydrogen (secondary N) is 1. The highest BCUT2D eigenvalue weighted by molar-refractivity contribution is 7.10. The molecule has 0 bridgehead atoms. The molecule has 0 unspecified atom stereocenters. The Balaban J connectivity index is 1.87. The Kier molecular flexibility index (Phi) is 3.33. The second kappa shape index (κ2) is 5.11. The van der Waals surface area contributed by atoms with E-state index in [0.717, 1.165) is 17.3 Å².